The third-order valence-corrected chi connectivity index (χ3v) is 4.16. The molecule has 1 N–H and O–H groups in total. The van der Waals surface area contributed by atoms with Crippen LogP contribution in [0, 0.1) is 6.92 Å². The van der Waals surface area contributed by atoms with Gasteiger partial charge in [0.2, 0.25) is 0 Å². The highest BCUT2D eigenvalue weighted by atomic mass is 35.5. The van der Waals surface area contributed by atoms with E-state index in [9.17, 15) is 0 Å². The van der Waals surface area contributed by atoms with Crippen molar-refractivity contribution in [2.24, 2.45) is 0 Å². The molecular weight excluding hydrogens is 276 g/mol. The van der Waals surface area contributed by atoms with Crippen molar-refractivity contribution in [1.82, 2.24) is 10.3 Å². The Kier molecular flexibility index (Phi) is 5.37. The van der Waals surface area contributed by atoms with E-state index in [1.165, 1.54) is 11.3 Å². The highest BCUT2D eigenvalue weighted by Gasteiger charge is 2.09. The van der Waals surface area contributed by atoms with Gasteiger partial charge in [-0.15, -0.1) is 11.3 Å². The van der Waals surface area contributed by atoms with Gasteiger partial charge in [-0.3, -0.25) is 0 Å². The SMILES string of the molecule is CCC(NCCc1csc(C)n1)c1cccc(Cl)c1. The summed E-state index contributed by atoms with van der Waals surface area (Å²) in [7, 11) is 0. The van der Waals surface area contributed by atoms with E-state index in [1.807, 2.05) is 25.1 Å². The standard InChI is InChI=1S/C15H19ClN2S/c1-3-15(12-5-4-6-13(16)9-12)17-8-7-14-10-19-11(2)18-14/h4-6,9-10,15,17H,3,7-8H2,1-2H3. The Morgan fingerprint density at radius 3 is 2.89 bits per heavy atom. The van der Waals surface area contributed by atoms with E-state index >= 15 is 0 Å². The molecule has 1 heterocycles. The highest BCUT2D eigenvalue weighted by Crippen LogP contribution is 2.20. The van der Waals surface area contributed by atoms with E-state index < -0.39 is 0 Å². The summed E-state index contributed by atoms with van der Waals surface area (Å²) in [6.45, 7) is 5.17. The lowest BCUT2D eigenvalue weighted by Gasteiger charge is -2.17. The van der Waals surface area contributed by atoms with Gasteiger partial charge in [-0.2, -0.15) is 0 Å². The van der Waals surface area contributed by atoms with Crippen LogP contribution in [-0.2, 0) is 6.42 Å². The van der Waals surface area contributed by atoms with Crippen LogP contribution >= 0.6 is 22.9 Å². The molecule has 2 rings (SSSR count). The summed E-state index contributed by atoms with van der Waals surface area (Å²) >= 11 is 7.75. The molecular formula is C15H19ClN2S. The third kappa shape index (κ3) is 4.30. The van der Waals surface area contributed by atoms with Gasteiger partial charge in [-0.1, -0.05) is 30.7 Å². The maximum Gasteiger partial charge on any atom is 0.0897 e. The summed E-state index contributed by atoms with van der Waals surface area (Å²) < 4.78 is 0. The van der Waals surface area contributed by atoms with Gasteiger partial charge in [0.1, 0.15) is 0 Å². The average Bonchev–Trinajstić information content (AvgIpc) is 2.80. The van der Waals surface area contributed by atoms with Gasteiger partial charge in [-0.05, 0) is 31.0 Å². The largest absolute Gasteiger partial charge is 0.310 e. The number of aryl methyl sites for hydroxylation is 1. The average molecular weight is 295 g/mol. The minimum atomic E-state index is 0.360. The quantitative estimate of drug-likeness (QED) is 0.855. The van der Waals surface area contributed by atoms with E-state index in [2.05, 4.69) is 28.7 Å². The number of nitrogens with one attached hydrogen (secondary N) is 1. The molecule has 1 unspecified atom stereocenters. The van der Waals surface area contributed by atoms with E-state index in [-0.39, 0.29) is 0 Å². The fourth-order valence-corrected chi connectivity index (χ4v) is 2.96. The molecule has 19 heavy (non-hydrogen) atoms. The van der Waals surface area contributed by atoms with Crippen molar-refractivity contribution in [3.8, 4) is 0 Å². The molecule has 0 saturated heterocycles. The smallest absolute Gasteiger partial charge is 0.0897 e. The molecule has 4 heteroatoms. The van der Waals surface area contributed by atoms with Crippen molar-refractivity contribution in [3.63, 3.8) is 0 Å². The fraction of sp³-hybridized carbons (Fsp3) is 0.400. The first kappa shape index (κ1) is 14.5. The zero-order chi connectivity index (χ0) is 13.7. The van der Waals surface area contributed by atoms with Crippen molar-refractivity contribution in [2.45, 2.75) is 32.7 Å². The first-order chi connectivity index (χ1) is 9.19. The Balaban J connectivity index is 1.89. The lowest BCUT2D eigenvalue weighted by Crippen LogP contribution is -2.23. The summed E-state index contributed by atoms with van der Waals surface area (Å²) in [5.41, 5.74) is 2.43. The number of thiazole rings is 1. The molecule has 0 radical (unpaired) electrons. The number of nitrogens with zero attached hydrogens (tertiary/aromatic N) is 1. The number of rotatable bonds is 6. The van der Waals surface area contributed by atoms with E-state index in [0.717, 1.165) is 29.4 Å². The second kappa shape index (κ2) is 7.04. The topological polar surface area (TPSA) is 24.9 Å². The van der Waals surface area contributed by atoms with Gasteiger partial charge in [-0.25, -0.2) is 4.98 Å². The molecule has 0 bridgehead atoms. The van der Waals surface area contributed by atoms with Crippen molar-refractivity contribution >= 4 is 22.9 Å². The van der Waals surface area contributed by atoms with Crippen LogP contribution in [0.25, 0.3) is 0 Å². The Morgan fingerprint density at radius 2 is 2.26 bits per heavy atom. The molecule has 1 atom stereocenters. The Bertz CT molecular complexity index is 524. The van der Waals surface area contributed by atoms with Crippen LogP contribution < -0.4 is 5.32 Å². The molecule has 1 aromatic heterocycles. The maximum absolute atomic E-state index is 6.04. The van der Waals surface area contributed by atoms with Crippen molar-refractivity contribution in [2.75, 3.05) is 6.54 Å². The molecule has 0 aliphatic heterocycles. The minimum Gasteiger partial charge on any atom is -0.310 e. The molecule has 0 aliphatic carbocycles. The van der Waals surface area contributed by atoms with Crippen LogP contribution in [0.5, 0.6) is 0 Å². The second-order valence-corrected chi connectivity index (χ2v) is 6.08. The summed E-state index contributed by atoms with van der Waals surface area (Å²) in [4.78, 5) is 4.48. The number of benzene rings is 1. The van der Waals surface area contributed by atoms with Gasteiger partial charge < -0.3 is 5.32 Å². The zero-order valence-electron chi connectivity index (χ0n) is 11.3. The van der Waals surface area contributed by atoms with E-state index in [0.29, 0.717) is 6.04 Å². The number of halogens is 1. The van der Waals surface area contributed by atoms with Crippen molar-refractivity contribution < 1.29 is 0 Å². The first-order valence-electron chi connectivity index (χ1n) is 6.59. The van der Waals surface area contributed by atoms with Crippen molar-refractivity contribution in [1.29, 1.82) is 0 Å². The van der Waals surface area contributed by atoms with Gasteiger partial charge >= 0.3 is 0 Å². The third-order valence-electron chi connectivity index (χ3n) is 3.10. The molecule has 0 spiro atoms. The van der Waals surface area contributed by atoms with Gasteiger partial charge in [0.15, 0.2) is 0 Å². The van der Waals surface area contributed by atoms with Crippen molar-refractivity contribution in [3.05, 3.63) is 50.9 Å². The lowest BCUT2D eigenvalue weighted by molar-refractivity contribution is 0.521. The Labute approximate surface area is 123 Å². The zero-order valence-corrected chi connectivity index (χ0v) is 12.9. The van der Waals surface area contributed by atoms with E-state index in [4.69, 9.17) is 11.6 Å². The molecule has 1 aromatic carbocycles. The second-order valence-electron chi connectivity index (χ2n) is 4.58. The predicted molar refractivity (Wildman–Crippen MR) is 83.0 cm³/mol. The van der Waals surface area contributed by atoms with Gasteiger partial charge in [0.05, 0.1) is 10.7 Å². The predicted octanol–water partition coefficient (Wildman–Crippen LogP) is 4.39. The van der Waals surface area contributed by atoms with E-state index in [1.54, 1.807) is 11.3 Å². The van der Waals surface area contributed by atoms with Gasteiger partial charge in [0, 0.05) is 29.4 Å². The molecule has 0 amide bonds. The molecule has 102 valence electrons. The number of hydrogen-bond donors (Lipinski definition) is 1. The van der Waals surface area contributed by atoms with Crippen LogP contribution in [0.4, 0.5) is 0 Å². The van der Waals surface area contributed by atoms with Crippen LogP contribution in [0.3, 0.4) is 0 Å². The van der Waals surface area contributed by atoms with Gasteiger partial charge in [0.25, 0.3) is 0 Å². The molecule has 0 saturated carbocycles. The summed E-state index contributed by atoms with van der Waals surface area (Å²) in [6, 6.07) is 8.44. The summed E-state index contributed by atoms with van der Waals surface area (Å²) in [5, 5.41) is 7.65. The molecule has 2 nitrogen and oxygen atoms in total. The fourth-order valence-electron chi connectivity index (χ4n) is 2.12. The monoisotopic (exact) mass is 294 g/mol. The van der Waals surface area contributed by atoms with Crippen LogP contribution in [0.15, 0.2) is 29.6 Å². The summed E-state index contributed by atoms with van der Waals surface area (Å²) in [5.74, 6) is 0. The van der Waals surface area contributed by atoms with Crippen LogP contribution in [0.2, 0.25) is 5.02 Å². The Morgan fingerprint density at radius 1 is 1.42 bits per heavy atom. The molecule has 0 fully saturated rings. The summed E-state index contributed by atoms with van der Waals surface area (Å²) in [6.07, 6.45) is 2.03. The highest BCUT2D eigenvalue weighted by molar-refractivity contribution is 7.09. The Hall–Kier alpha value is -0.900. The number of hydrogen-bond acceptors (Lipinski definition) is 3. The lowest BCUT2D eigenvalue weighted by atomic mass is 10.0. The molecule has 0 aliphatic rings. The minimum absolute atomic E-state index is 0.360. The molecule has 2 aromatic rings. The maximum atomic E-state index is 6.04. The van der Waals surface area contributed by atoms with Crippen LogP contribution in [0.1, 0.15) is 35.7 Å². The van der Waals surface area contributed by atoms with Crippen LogP contribution in [-0.4, -0.2) is 11.5 Å². The number of aromatic nitrogens is 1. The normalized spacial score (nSPS) is 12.6. The first-order valence-corrected chi connectivity index (χ1v) is 7.84.